The lowest BCUT2D eigenvalue weighted by molar-refractivity contribution is 0.614. The van der Waals surface area contributed by atoms with Crippen molar-refractivity contribution in [2.75, 3.05) is 5.32 Å². The van der Waals surface area contributed by atoms with Gasteiger partial charge in [-0.3, -0.25) is 0 Å². The number of anilines is 1. The molecule has 1 nitrogen and oxygen atoms in total. The molecule has 2 heteroatoms. The van der Waals surface area contributed by atoms with E-state index in [1.54, 1.807) is 0 Å². The van der Waals surface area contributed by atoms with Gasteiger partial charge in [0.05, 0.1) is 0 Å². The van der Waals surface area contributed by atoms with Crippen LogP contribution in [0.4, 0.5) is 5.69 Å². The molecule has 1 aliphatic rings. The van der Waals surface area contributed by atoms with Crippen LogP contribution >= 0.6 is 15.9 Å². The van der Waals surface area contributed by atoms with Crippen LogP contribution in [0.1, 0.15) is 25.3 Å². The van der Waals surface area contributed by atoms with Crippen molar-refractivity contribution in [3.63, 3.8) is 0 Å². The van der Waals surface area contributed by atoms with Gasteiger partial charge in [-0.1, -0.05) is 22.9 Å². The van der Waals surface area contributed by atoms with Gasteiger partial charge >= 0.3 is 0 Å². The van der Waals surface area contributed by atoms with E-state index in [1.807, 2.05) is 0 Å². The van der Waals surface area contributed by atoms with Gasteiger partial charge < -0.3 is 5.32 Å². The molecule has 13 heavy (non-hydrogen) atoms. The van der Waals surface area contributed by atoms with Crippen molar-refractivity contribution in [1.82, 2.24) is 0 Å². The van der Waals surface area contributed by atoms with Crippen molar-refractivity contribution in [2.45, 2.75) is 32.2 Å². The molecule has 0 amide bonds. The molecule has 70 valence electrons. The number of hydrogen-bond acceptors (Lipinski definition) is 1. The molecular weight excluding hydrogens is 226 g/mol. The third-order valence-electron chi connectivity index (χ3n) is 2.68. The molecule has 1 N–H and O–H groups in total. The van der Waals surface area contributed by atoms with Crippen molar-refractivity contribution < 1.29 is 0 Å². The summed E-state index contributed by atoms with van der Waals surface area (Å²) in [7, 11) is 0. The minimum absolute atomic E-state index is 0.675. The first-order valence-electron chi connectivity index (χ1n) is 4.84. The molecular formula is C11H14BrN. The van der Waals surface area contributed by atoms with Crippen LogP contribution in [-0.2, 0) is 6.42 Å². The minimum atomic E-state index is 0.675. The van der Waals surface area contributed by atoms with E-state index >= 15 is 0 Å². The summed E-state index contributed by atoms with van der Waals surface area (Å²) in [6, 6.07) is 7.16. The molecule has 1 heterocycles. The summed E-state index contributed by atoms with van der Waals surface area (Å²) < 4.78 is 1.18. The van der Waals surface area contributed by atoms with E-state index in [-0.39, 0.29) is 0 Å². The van der Waals surface area contributed by atoms with Crippen molar-refractivity contribution in [3.8, 4) is 0 Å². The maximum absolute atomic E-state index is 3.55. The van der Waals surface area contributed by atoms with Crippen LogP contribution < -0.4 is 5.32 Å². The van der Waals surface area contributed by atoms with E-state index in [2.05, 4.69) is 46.4 Å². The number of nitrogens with one attached hydrogen (secondary N) is 1. The lowest BCUT2D eigenvalue weighted by atomic mass is 9.97. The Morgan fingerprint density at radius 1 is 1.54 bits per heavy atom. The third kappa shape index (κ3) is 1.88. The number of hydrogen-bond donors (Lipinski definition) is 1. The molecule has 0 radical (unpaired) electrons. The number of fused-ring (bicyclic) bond motifs is 1. The Hall–Kier alpha value is -0.500. The highest BCUT2D eigenvalue weighted by Crippen LogP contribution is 2.28. The van der Waals surface area contributed by atoms with E-state index in [4.69, 9.17) is 0 Å². The van der Waals surface area contributed by atoms with Crippen LogP contribution in [-0.4, -0.2) is 6.04 Å². The van der Waals surface area contributed by atoms with Gasteiger partial charge in [0.2, 0.25) is 0 Å². The van der Waals surface area contributed by atoms with Crippen molar-refractivity contribution in [1.29, 1.82) is 0 Å². The molecule has 1 unspecified atom stereocenters. The molecule has 0 spiro atoms. The first kappa shape index (κ1) is 9.07. The van der Waals surface area contributed by atoms with Gasteiger partial charge in [-0.2, -0.15) is 0 Å². The molecule has 1 aromatic carbocycles. The SMILES string of the molecule is CCC1CCc2cc(Br)ccc2N1. The van der Waals surface area contributed by atoms with Crippen LogP contribution in [0.15, 0.2) is 22.7 Å². The summed E-state index contributed by atoms with van der Waals surface area (Å²) in [5.74, 6) is 0. The summed E-state index contributed by atoms with van der Waals surface area (Å²) in [5.41, 5.74) is 2.76. The Morgan fingerprint density at radius 2 is 2.38 bits per heavy atom. The quantitative estimate of drug-likeness (QED) is 0.791. The van der Waals surface area contributed by atoms with Gasteiger partial charge in [-0.15, -0.1) is 0 Å². The van der Waals surface area contributed by atoms with Crippen LogP contribution in [0.2, 0.25) is 0 Å². The van der Waals surface area contributed by atoms with Crippen LogP contribution in [0.3, 0.4) is 0 Å². The zero-order chi connectivity index (χ0) is 9.26. The van der Waals surface area contributed by atoms with Gasteiger partial charge in [0, 0.05) is 16.2 Å². The maximum atomic E-state index is 3.55. The van der Waals surface area contributed by atoms with E-state index in [9.17, 15) is 0 Å². The molecule has 1 aromatic rings. The Labute approximate surface area is 87.7 Å². The molecule has 0 saturated carbocycles. The zero-order valence-corrected chi connectivity index (χ0v) is 9.39. The fourth-order valence-corrected chi connectivity index (χ4v) is 2.25. The first-order valence-corrected chi connectivity index (χ1v) is 5.64. The van der Waals surface area contributed by atoms with E-state index in [1.165, 1.54) is 35.0 Å². The zero-order valence-electron chi connectivity index (χ0n) is 7.81. The Kier molecular flexibility index (Phi) is 2.58. The van der Waals surface area contributed by atoms with E-state index in [0.29, 0.717) is 6.04 Å². The molecule has 0 aliphatic carbocycles. The second-order valence-corrected chi connectivity index (χ2v) is 4.51. The number of benzene rings is 1. The minimum Gasteiger partial charge on any atom is -0.382 e. The second kappa shape index (κ2) is 3.70. The molecule has 0 bridgehead atoms. The molecule has 0 saturated heterocycles. The van der Waals surface area contributed by atoms with Crippen molar-refractivity contribution in [2.24, 2.45) is 0 Å². The average Bonchev–Trinajstić information content (AvgIpc) is 2.17. The predicted octanol–water partition coefficient (Wildman–Crippen LogP) is 3.59. The molecule has 2 rings (SSSR count). The Bertz CT molecular complexity index is 309. The highest BCUT2D eigenvalue weighted by molar-refractivity contribution is 9.10. The first-order chi connectivity index (χ1) is 6.29. The van der Waals surface area contributed by atoms with Gasteiger partial charge in [0.15, 0.2) is 0 Å². The topological polar surface area (TPSA) is 12.0 Å². The van der Waals surface area contributed by atoms with Crippen molar-refractivity contribution >= 4 is 21.6 Å². The van der Waals surface area contributed by atoms with Crippen LogP contribution in [0.5, 0.6) is 0 Å². The number of aryl methyl sites for hydroxylation is 1. The summed E-state index contributed by atoms with van der Waals surface area (Å²) in [4.78, 5) is 0. The number of rotatable bonds is 1. The average molecular weight is 240 g/mol. The van der Waals surface area contributed by atoms with Gasteiger partial charge in [-0.25, -0.2) is 0 Å². The third-order valence-corrected chi connectivity index (χ3v) is 3.18. The number of halogens is 1. The van der Waals surface area contributed by atoms with E-state index in [0.717, 1.165) is 0 Å². The highest BCUT2D eigenvalue weighted by atomic mass is 79.9. The summed E-state index contributed by atoms with van der Waals surface area (Å²) in [6.07, 6.45) is 3.69. The van der Waals surface area contributed by atoms with Crippen LogP contribution in [0, 0.1) is 0 Å². The molecule has 0 aromatic heterocycles. The van der Waals surface area contributed by atoms with Gasteiger partial charge in [0.1, 0.15) is 0 Å². The van der Waals surface area contributed by atoms with Crippen molar-refractivity contribution in [3.05, 3.63) is 28.2 Å². The van der Waals surface area contributed by atoms with E-state index < -0.39 is 0 Å². The normalized spacial score (nSPS) is 20.6. The summed E-state index contributed by atoms with van der Waals surface area (Å²) in [6.45, 7) is 2.24. The second-order valence-electron chi connectivity index (χ2n) is 3.59. The fourth-order valence-electron chi connectivity index (χ4n) is 1.84. The highest BCUT2D eigenvalue weighted by Gasteiger charge is 2.15. The summed E-state index contributed by atoms with van der Waals surface area (Å²) in [5, 5.41) is 3.55. The Balaban J connectivity index is 2.26. The Morgan fingerprint density at radius 3 is 3.15 bits per heavy atom. The fraction of sp³-hybridized carbons (Fsp3) is 0.455. The molecule has 0 fully saturated rings. The lowest BCUT2D eigenvalue weighted by Gasteiger charge is -2.26. The molecule has 1 atom stereocenters. The monoisotopic (exact) mass is 239 g/mol. The van der Waals surface area contributed by atoms with Crippen LogP contribution in [0.25, 0.3) is 0 Å². The summed E-state index contributed by atoms with van der Waals surface area (Å²) >= 11 is 3.49. The maximum Gasteiger partial charge on any atom is 0.0375 e. The lowest BCUT2D eigenvalue weighted by Crippen LogP contribution is -2.24. The van der Waals surface area contributed by atoms with Gasteiger partial charge in [-0.05, 0) is 43.0 Å². The standard InChI is InChI=1S/C11H14BrN/c1-2-10-5-3-8-7-9(12)4-6-11(8)13-10/h4,6-7,10,13H,2-3,5H2,1H3. The smallest absolute Gasteiger partial charge is 0.0375 e. The largest absolute Gasteiger partial charge is 0.382 e. The van der Waals surface area contributed by atoms with Gasteiger partial charge in [0.25, 0.3) is 0 Å². The predicted molar refractivity (Wildman–Crippen MR) is 60.2 cm³/mol. The molecule has 1 aliphatic heterocycles.